The molecule has 57 heavy (non-hydrogen) atoms. The summed E-state index contributed by atoms with van der Waals surface area (Å²) >= 11 is 8.27. The van der Waals surface area contributed by atoms with E-state index in [2.05, 4.69) is 0 Å². The molecule has 4 aliphatic rings. The van der Waals surface area contributed by atoms with Crippen LogP contribution in [-0.4, -0.2) is 12.1 Å². The van der Waals surface area contributed by atoms with Gasteiger partial charge in [-0.3, -0.25) is 0 Å². The third kappa shape index (κ3) is 7.85. The van der Waals surface area contributed by atoms with Gasteiger partial charge in [-0.05, 0) is 0 Å². The first kappa shape index (κ1) is 40.2. The summed E-state index contributed by atoms with van der Waals surface area (Å²) in [5, 5.41) is 1.13. The average molecular weight is 848 g/mol. The molecule has 2 fully saturated rings. The van der Waals surface area contributed by atoms with Crippen molar-refractivity contribution < 1.29 is 34.2 Å². The molecule has 4 aliphatic carbocycles. The Bertz CT molecular complexity index is 2080. The molecular weight excluding hydrogens is 799 g/mol. The van der Waals surface area contributed by atoms with E-state index in [9.17, 15) is 0 Å². The topological polar surface area (TPSA) is 6.48 Å². The second kappa shape index (κ2) is 17.7. The van der Waals surface area contributed by atoms with Crippen molar-refractivity contribution in [2.75, 3.05) is 9.80 Å². The van der Waals surface area contributed by atoms with Gasteiger partial charge in [-0.1, -0.05) is 0 Å². The van der Waals surface area contributed by atoms with Crippen molar-refractivity contribution in [3.8, 4) is 0 Å². The summed E-state index contributed by atoms with van der Waals surface area (Å²) in [5.41, 5.74) is 2.15. The maximum absolute atomic E-state index is 18.3. The van der Waals surface area contributed by atoms with Gasteiger partial charge in [0.05, 0.1) is 0 Å². The summed E-state index contributed by atoms with van der Waals surface area (Å²) in [4.78, 5) is 4.07. The molecule has 4 aromatic rings. The van der Waals surface area contributed by atoms with E-state index in [0.29, 0.717) is 43.7 Å². The van der Waals surface area contributed by atoms with Crippen LogP contribution in [0.2, 0.25) is 10.0 Å². The van der Waals surface area contributed by atoms with Crippen LogP contribution in [0.5, 0.6) is 0 Å². The van der Waals surface area contributed by atoms with Gasteiger partial charge in [-0.2, -0.15) is 0 Å². The second-order valence-electron chi connectivity index (χ2n) is 15.9. The minimum atomic E-state index is -5.16. The fourth-order valence-electron chi connectivity index (χ4n) is 9.87. The average Bonchev–Trinajstić information content (AvgIpc) is 3.98. The van der Waals surface area contributed by atoms with E-state index in [1.54, 1.807) is 0 Å². The van der Waals surface area contributed by atoms with Crippen molar-refractivity contribution in [3.63, 3.8) is 0 Å². The van der Waals surface area contributed by atoms with Gasteiger partial charge >= 0.3 is 350 Å². The van der Waals surface area contributed by atoms with Crippen LogP contribution in [0.1, 0.15) is 88.2 Å². The number of hydrogen-bond acceptors (Lipinski definition) is 2. The van der Waals surface area contributed by atoms with Gasteiger partial charge in [0.1, 0.15) is 0 Å². The summed E-state index contributed by atoms with van der Waals surface area (Å²) in [5.74, 6) is -3.03. The molecule has 2 saturated carbocycles. The van der Waals surface area contributed by atoms with Gasteiger partial charge in [0.15, 0.2) is 0 Å². The zero-order valence-corrected chi connectivity index (χ0v) is 35.2. The van der Waals surface area contributed by atoms with Crippen LogP contribution in [0, 0.1) is 23.3 Å². The number of anilines is 2. The number of hydrogen-bond donors (Lipinski definition) is 0. The van der Waals surface area contributed by atoms with Crippen LogP contribution >= 0.6 is 23.2 Å². The van der Waals surface area contributed by atoms with Crippen molar-refractivity contribution in [1.29, 1.82) is 0 Å². The molecule has 9 heteroatoms. The zero-order valence-electron chi connectivity index (χ0n) is 32.1. The van der Waals surface area contributed by atoms with Gasteiger partial charge in [-0.25, -0.2) is 0 Å². The summed E-state index contributed by atoms with van der Waals surface area (Å²) in [7, 11) is 0. The zero-order chi connectivity index (χ0) is 39.5. The standard InChI is InChI=1S/2C19H19ClF2N.2C5H5.Ti/c2*20-17-9-5-4-6-14(17)13-23(16-7-2-1-3-8-16)19-11-10-15(21)12-18(19)22;2*1-2-4-5-3-1;/h2*4-6,9-11,16H,1-3,7-8,13H2;2*1-3H,4H2;. The van der Waals surface area contributed by atoms with Crippen molar-refractivity contribution in [1.82, 2.24) is 0 Å². The van der Waals surface area contributed by atoms with Crippen LogP contribution < -0.4 is 17.5 Å². The minimum absolute atomic E-state index is 0.0184. The molecule has 4 aromatic carbocycles. The first-order chi connectivity index (χ1) is 27.8. The van der Waals surface area contributed by atoms with Crippen molar-refractivity contribution in [2.45, 2.75) is 102 Å². The predicted molar refractivity (Wildman–Crippen MR) is 225 cm³/mol. The number of rotatable bonds is 12. The van der Waals surface area contributed by atoms with Crippen LogP contribution in [0.4, 0.5) is 28.9 Å². The Morgan fingerprint density at radius 3 is 1.30 bits per heavy atom. The molecule has 2 nitrogen and oxygen atoms in total. The monoisotopic (exact) mass is 846 g/mol. The molecule has 0 radical (unpaired) electrons. The van der Waals surface area contributed by atoms with Crippen molar-refractivity contribution >= 4 is 42.3 Å². The molecule has 0 bridgehead atoms. The molecule has 296 valence electrons. The SMILES string of the molecule is Fc1ccc(N(Cc2ccccc2Cl)C2CCCCC2)c(F)[c]1[Ti]([C]1=CC=CC1)([C]1=CC=CC1)[c]1c(F)ccc(N(Cc2ccccc2Cl)C2CCCCC2)c1F. The van der Waals surface area contributed by atoms with E-state index in [0.717, 1.165) is 75.3 Å². The number of allylic oxidation sites excluding steroid dienone is 8. The van der Waals surface area contributed by atoms with Crippen LogP contribution in [0.15, 0.2) is 117 Å². The fraction of sp³-hybridized carbons (Fsp3) is 0.333. The molecule has 0 spiro atoms. The van der Waals surface area contributed by atoms with Crippen LogP contribution in [-0.2, 0) is 29.7 Å². The van der Waals surface area contributed by atoms with Crippen LogP contribution in [0.25, 0.3) is 0 Å². The Balaban J connectivity index is 1.37. The first-order valence-electron chi connectivity index (χ1n) is 20.5. The van der Waals surface area contributed by atoms with Crippen molar-refractivity contribution in [2.24, 2.45) is 0 Å². The molecule has 0 aliphatic heterocycles. The molecular formula is C48H48Cl2F4N2Ti. The van der Waals surface area contributed by atoms with E-state index < -0.39 is 39.9 Å². The van der Waals surface area contributed by atoms with E-state index >= 15 is 17.6 Å². The number of benzene rings is 4. The fourth-order valence-corrected chi connectivity index (χ4v) is 18.5. The number of halogens is 6. The van der Waals surface area contributed by atoms with Crippen molar-refractivity contribution in [3.05, 3.63) is 161 Å². The Kier molecular flexibility index (Phi) is 12.5. The quantitative estimate of drug-likeness (QED) is 0.104. The molecule has 0 saturated heterocycles. The van der Waals surface area contributed by atoms with Gasteiger partial charge < -0.3 is 0 Å². The Morgan fingerprint density at radius 2 is 0.930 bits per heavy atom. The first-order valence-corrected chi connectivity index (χ1v) is 24.4. The third-order valence-electron chi connectivity index (χ3n) is 12.6. The van der Waals surface area contributed by atoms with Crippen LogP contribution in [0.3, 0.4) is 0 Å². The molecule has 0 unspecified atom stereocenters. The molecule has 0 N–H and O–H groups in total. The van der Waals surface area contributed by atoms with Gasteiger partial charge in [0.25, 0.3) is 0 Å². The molecule has 0 atom stereocenters. The summed E-state index contributed by atoms with van der Waals surface area (Å²) < 4.78 is 72.2. The normalized spacial score (nSPS) is 17.6. The van der Waals surface area contributed by atoms with Gasteiger partial charge in [0.2, 0.25) is 0 Å². The predicted octanol–water partition coefficient (Wildman–Crippen LogP) is 13.0. The molecule has 0 heterocycles. The summed E-state index contributed by atoms with van der Waals surface area (Å²) in [6.07, 6.45) is 21.5. The molecule has 8 rings (SSSR count). The Morgan fingerprint density at radius 1 is 0.526 bits per heavy atom. The second-order valence-corrected chi connectivity index (χ2v) is 22.7. The maximum atomic E-state index is 18.3. The summed E-state index contributed by atoms with van der Waals surface area (Å²) in [6, 6.07) is 20.7. The van der Waals surface area contributed by atoms with E-state index in [1.807, 2.05) is 94.8 Å². The van der Waals surface area contributed by atoms with E-state index in [1.165, 1.54) is 24.3 Å². The Hall–Kier alpha value is -3.55. The molecule has 0 aromatic heterocycles. The summed E-state index contributed by atoms with van der Waals surface area (Å²) in [6.45, 7) is 0.634. The van der Waals surface area contributed by atoms with E-state index in [4.69, 9.17) is 23.2 Å². The van der Waals surface area contributed by atoms with Gasteiger partial charge in [0, 0.05) is 0 Å². The van der Waals surface area contributed by atoms with Gasteiger partial charge in [-0.15, -0.1) is 0 Å². The molecule has 0 amide bonds. The van der Waals surface area contributed by atoms with E-state index in [-0.39, 0.29) is 31.2 Å². The Labute approximate surface area is 347 Å². The number of nitrogens with zero attached hydrogens (tertiary/aromatic N) is 2. The third-order valence-corrected chi connectivity index (χ3v) is 21.3.